The first-order valence-corrected chi connectivity index (χ1v) is 7.28. The smallest absolute Gasteiger partial charge is 0.205 e. The lowest BCUT2D eigenvalue weighted by molar-refractivity contribution is 1.30. The van der Waals surface area contributed by atoms with Crippen molar-refractivity contribution in [3.63, 3.8) is 0 Å². The molecule has 0 spiro atoms. The van der Waals surface area contributed by atoms with Crippen molar-refractivity contribution >= 4 is 34.4 Å². The summed E-state index contributed by atoms with van der Waals surface area (Å²) >= 11 is 1.84. The van der Waals surface area contributed by atoms with Crippen molar-refractivity contribution in [3.05, 3.63) is 48.5 Å². The van der Waals surface area contributed by atoms with E-state index < -0.39 is 0 Å². The van der Waals surface area contributed by atoms with Crippen LogP contribution in [-0.4, -0.2) is 15.7 Å². The first kappa shape index (κ1) is 12.1. The number of nitrogens with zero attached hydrogens (tertiary/aromatic N) is 1. The SMILES string of the molecule is CCSc1ccc(Nc2nc3ccccc3[nH]2)cc1. The largest absolute Gasteiger partial charge is 0.326 e. The van der Waals surface area contributed by atoms with Gasteiger partial charge in [0.2, 0.25) is 5.95 Å². The van der Waals surface area contributed by atoms with E-state index in [9.17, 15) is 0 Å². The van der Waals surface area contributed by atoms with Gasteiger partial charge in [0.25, 0.3) is 0 Å². The fourth-order valence-electron chi connectivity index (χ4n) is 1.95. The topological polar surface area (TPSA) is 40.7 Å². The molecule has 3 nitrogen and oxygen atoms in total. The van der Waals surface area contributed by atoms with E-state index in [1.165, 1.54) is 4.90 Å². The van der Waals surface area contributed by atoms with Crippen LogP contribution in [0.4, 0.5) is 11.6 Å². The van der Waals surface area contributed by atoms with Crippen molar-refractivity contribution in [1.29, 1.82) is 0 Å². The molecule has 0 aliphatic heterocycles. The molecule has 0 fully saturated rings. The Morgan fingerprint density at radius 1 is 1.11 bits per heavy atom. The zero-order valence-electron chi connectivity index (χ0n) is 10.7. The van der Waals surface area contributed by atoms with Crippen molar-refractivity contribution in [1.82, 2.24) is 9.97 Å². The number of thioether (sulfide) groups is 1. The molecular formula is C15H15N3S. The van der Waals surface area contributed by atoms with E-state index >= 15 is 0 Å². The second-order valence-electron chi connectivity index (χ2n) is 4.18. The summed E-state index contributed by atoms with van der Waals surface area (Å²) in [6, 6.07) is 16.4. The van der Waals surface area contributed by atoms with Gasteiger partial charge >= 0.3 is 0 Å². The highest BCUT2D eigenvalue weighted by molar-refractivity contribution is 7.99. The summed E-state index contributed by atoms with van der Waals surface area (Å²) in [5.41, 5.74) is 3.06. The fourth-order valence-corrected chi connectivity index (χ4v) is 2.61. The molecule has 0 atom stereocenters. The van der Waals surface area contributed by atoms with Gasteiger partial charge in [0.15, 0.2) is 0 Å². The van der Waals surface area contributed by atoms with Gasteiger partial charge in [-0.2, -0.15) is 0 Å². The number of nitrogens with one attached hydrogen (secondary N) is 2. The summed E-state index contributed by atoms with van der Waals surface area (Å²) < 4.78 is 0. The van der Waals surface area contributed by atoms with Crippen LogP contribution in [0.3, 0.4) is 0 Å². The Labute approximate surface area is 116 Å². The van der Waals surface area contributed by atoms with Crippen LogP contribution in [0.1, 0.15) is 6.92 Å². The van der Waals surface area contributed by atoms with Gasteiger partial charge in [0.1, 0.15) is 0 Å². The Morgan fingerprint density at radius 3 is 2.63 bits per heavy atom. The molecule has 3 rings (SSSR count). The third-order valence-corrected chi connectivity index (χ3v) is 3.71. The monoisotopic (exact) mass is 269 g/mol. The molecule has 2 aromatic carbocycles. The average molecular weight is 269 g/mol. The predicted octanol–water partition coefficient (Wildman–Crippen LogP) is 4.42. The van der Waals surface area contributed by atoms with Crippen molar-refractivity contribution in [3.8, 4) is 0 Å². The normalized spacial score (nSPS) is 10.8. The second kappa shape index (κ2) is 5.36. The summed E-state index contributed by atoms with van der Waals surface area (Å²) in [4.78, 5) is 9.04. The van der Waals surface area contributed by atoms with E-state index in [-0.39, 0.29) is 0 Å². The Morgan fingerprint density at radius 2 is 1.89 bits per heavy atom. The first-order valence-electron chi connectivity index (χ1n) is 6.30. The zero-order valence-corrected chi connectivity index (χ0v) is 11.5. The third kappa shape index (κ3) is 2.74. The number of aromatic amines is 1. The maximum atomic E-state index is 4.49. The Balaban J connectivity index is 1.80. The number of hydrogen-bond donors (Lipinski definition) is 2. The van der Waals surface area contributed by atoms with Crippen LogP contribution in [0.25, 0.3) is 11.0 Å². The van der Waals surface area contributed by atoms with Gasteiger partial charge in [-0.1, -0.05) is 19.1 Å². The second-order valence-corrected chi connectivity index (χ2v) is 5.52. The molecule has 0 saturated heterocycles. The van der Waals surface area contributed by atoms with Crippen LogP contribution >= 0.6 is 11.8 Å². The van der Waals surface area contributed by atoms with Crippen LogP contribution in [-0.2, 0) is 0 Å². The molecule has 19 heavy (non-hydrogen) atoms. The van der Waals surface area contributed by atoms with Crippen LogP contribution in [0, 0.1) is 0 Å². The molecule has 3 aromatic rings. The first-order chi connectivity index (χ1) is 9.35. The Bertz CT molecular complexity index is 640. The van der Waals surface area contributed by atoms with Crippen LogP contribution < -0.4 is 5.32 Å². The minimum Gasteiger partial charge on any atom is -0.326 e. The van der Waals surface area contributed by atoms with E-state index in [0.717, 1.165) is 28.4 Å². The summed E-state index contributed by atoms with van der Waals surface area (Å²) in [5.74, 6) is 1.87. The highest BCUT2D eigenvalue weighted by atomic mass is 32.2. The number of para-hydroxylation sites is 2. The average Bonchev–Trinajstić information content (AvgIpc) is 2.83. The highest BCUT2D eigenvalue weighted by Gasteiger charge is 2.02. The molecule has 0 amide bonds. The number of H-pyrrole nitrogens is 1. The molecule has 2 N–H and O–H groups in total. The van der Waals surface area contributed by atoms with E-state index in [2.05, 4.69) is 46.5 Å². The third-order valence-electron chi connectivity index (χ3n) is 2.82. The molecule has 0 saturated carbocycles. The van der Waals surface area contributed by atoms with E-state index in [1.54, 1.807) is 0 Å². The van der Waals surface area contributed by atoms with Crippen molar-refractivity contribution in [2.24, 2.45) is 0 Å². The Hall–Kier alpha value is -1.94. The summed E-state index contributed by atoms with van der Waals surface area (Å²) in [5, 5.41) is 3.29. The molecule has 1 aromatic heterocycles. The lowest BCUT2D eigenvalue weighted by atomic mass is 10.3. The predicted molar refractivity (Wildman–Crippen MR) is 82.2 cm³/mol. The zero-order chi connectivity index (χ0) is 13.1. The molecule has 0 aliphatic rings. The van der Waals surface area contributed by atoms with E-state index in [4.69, 9.17) is 0 Å². The van der Waals surface area contributed by atoms with Gasteiger partial charge < -0.3 is 10.3 Å². The van der Waals surface area contributed by atoms with Crippen LogP contribution in [0.5, 0.6) is 0 Å². The lowest BCUT2D eigenvalue weighted by Crippen LogP contribution is -1.91. The Kier molecular flexibility index (Phi) is 3.42. The van der Waals surface area contributed by atoms with Crippen LogP contribution in [0.2, 0.25) is 0 Å². The molecule has 1 heterocycles. The summed E-state index contributed by atoms with van der Waals surface area (Å²) in [6.45, 7) is 2.16. The number of hydrogen-bond acceptors (Lipinski definition) is 3. The molecule has 0 bridgehead atoms. The van der Waals surface area contributed by atoms with Gasteiger partial charge in [-0.05, 0) is 42.2 Å². The number of aromatic nitrogens is 2. The highest BCUT2D eigenvalue weighted by Crippen LogP contribution is 2.22. The van der Waals surface area contributed by atoms with Crippen molar-refractivity contribution < 1.29 is 0 Å². The standard InChI is InChI=1S/C15H15N3S/c1-2-19-12-9-7-11(8-10-12)16-15-17-13-5-3-4-6-14(13)18-15/h3-10H,2H2,1H3,(H2,16,17,18). The summed E-state index contributed by atoms with van der Waals surface area (Å²) in [7, 11) is 0. The summed E-state index contributed by atoms with van der Waals surface area (Å²) in [6.07, 6.45) is 0. The maximum Gasteiger partial charge on any atom is 0.205 e. The van der Waals surface area contributed by atoms with Crippen LogP contribution in [0.15, 0.2) is 53.4 Å². The molecule has 0 aliphatic carbocycles. The number of rotatable bonds is 4. The number of fused-ring (bicyclic) bond motifs is 1. The quantitative estimate of drug-likeness (QED) is 0.689. The molecular weight excluding hydrogens is 254 g/mol. The molecule has 4 heteroatoms. The van der Waals surface area contributed by atoms with E-state index in [1.807, 2.05) is 36.0 Å². The number of imidazole rings is 1. The fraction of sp³-hybridized carbons (Fsp3) is 0.133. The van der Waals surface area contributed by atoms with Gasteiger partial charge in [0.05, 0.1) is 11.0 Å². The number of benzene rings is 2. The number of anilines is 2. The maximum absolute atomic E-state index is 4.49. The van der Waals surface area contributed by atoms with Gasteiger partial charge in [0, 0.05) is 10.6 Å². The minimum absolute atomic E-state index is 0.775. The lowest BCUT2D eigenvalue weighted by Gasteiger charge is -2.03. The van der Waals surface area contributed by atoms with Gasteiger partial charge in [-0.3, -0.25) is 0 Å². The molecule has 0 radical (unpaired) electrons. The van der Waals surface area contributed by atoms with Crippen molar-refractivity contribution in [2.75, 3.05) is 11.1 Å². The molecule has 0 unspecified atom stereocenters. The molecule has 96 valence electrons. The minimum atomic E-state index is 0.775. The van der Waals surface area contributed by atoms with Crippen molar-refractivity contribution in [2.45, 2.75) is 11.8 Å². The van der Waals surface area contributed by atoms with E-state index in [0.29, 0.717) is 0 Å². The van der Waals surface area contributed by atoms with Gasteiger partial charge in [-0.25, -0.2) is 4.98 Å². The van der Waals surface area contributed by atoms with Gasteiger partial charge in [-0.15, -0.1) is 11.8 Å².